The molecule has 0 aliphatic carbocycles. The Morgan fingerprint density at radius 3 is 1.05 bits per heavy atom. The molecule has 3 aromatic carbocycles. The van der Waals surface area contributed by atoms with E-state index in [0.29, 0.717) is 0 Å². The molecule has 0 fully saturated rings. The molecule has 0 saturated carbocycles. The van der Waals surface area contributed by atoms with Crippen LogP contribution in [0, 0.1) is 0 Å². The van der Waals surface area contributed by atoms with Gasteiger partial charge in [-0.15, -0.1) is 11.8 Å². The minimum atomic E-state index is -0.163. The van der Waals surface area contributed by atoms with E-state index in [1.165, 1.54) is 16.7 Å². The van der Waals surface area contributed by atoms with Crippen LogP contribution in [0.15, 0.2) is 91.0 Å². The standard InChI is InChI=1S/C20H18S.Pb.2H/c1-21-20(17-11-5-2-6-12-17,18-13-7-3-8-14-18)19-15-9-4-10-16-19;;;/h2-16H,1H3;;;. The van der Waals surface area contributed by atoms with Crippen LogP contribution in [0.3, 0.4) is 0 Å². The first kappa shape index (κ1) is 17.3. The number of hydrogen-bond donors (Lipinski definition) is 0. The fraction of sp³-hybridized carbons (Fsp3) is 0.100. The van der Waals surface area contributed by atoms with Gasteiger partial charge in [-0.1, -0.05) is 91.0 Å². The van der Waals surface area contributed by atoms with Gasteiger partial charge in [0.2, 0.25) is 0 Å². The molecule has 110 valence electrons. The van der Waals surface area contributed by atoms with Crippen molar-refractivity contribution in [1.29, 1.82) is 0 Å². The molecule has 0 nitrogen and oxygen atoms in total. The molecule has 0 bridgehead atoms. The van der Waals surface area contributed by atoms with Crippen LogP contribution in [-0.2, 0) is 4.75 Å². The predicted molar refractivity (Wildman–Crippen MR) is 101 cm³/mol. The number of thioether (sulfide) groups is 1. The van der Waals surface area contributed by atoms with Crippen LogP contribution in [0.2, 0.25) is 0 Å². The Morgan fingerprint density at radius 2 is 0.818 bits per heavy atom. The quantitative estimate of drug-likeness (QED) is 0.378. The average Bonchev–Trinajstić information content (AvgIpc) is 2.59. The van der Waals surface area contributed by atoms with Gasteiger partial charge >= 0.3 is 27.3 Å². The maximum absolute atomic E-state index is 2.22. The van der Waals surface area contributed by atoms with E-state index in [0.717, 1.165) is 0 Å². The maximum atomic E-state index is 2.22. The van der Waals surface area contributed by atoms with Crippen LogP contribution in [0.1, 0.15) is 16.7 Å². The van der Waals surface area contributed by atoms with E-state index in [1.54, 1.807) is 0 Å². The van der Waals surface area contributed by atoms with Crippen molar-refractivity contribution < 1.29 is 0 Å². The normalized spacial score (nSPS) is 10.8. The van der Waals surface area contributed by atoms with Crippen molar-refractivity contribution in [2.24, 2.45) is 0 Å². The molecule has 0 amide bonds. The van der Waals surface area contributed by atoms with E-state index >= 15 is 0 Å². The number of hydrogen-bond acceptors (Lipinski definition) is 1. The second kappa shape index (κ2) is 7.97. The molecule has 0 saturated heterocycles. The fourth-order valence-electron chi connectivity index (χ4n) is 2.87. The van der Waals surface area contributed by atoms with Crippen LogP contribution >= 0.6 is 11.8 Å². The second-order valence-corrected chi connectivity index (χ2v) is 6.00. The average molecular weight is 500 g/mol. The molecular formula is C20H20PbS. The molecule has 0 aliphatic heterocycles. The molecule has 0 aromatic heterocycles. The zero-order valence-corrected chi connectivity index (χ0v) is 19.1. The third-order valence-corrected chi connectivity index (χ3v) is 5.17. The minimum absolute atomic E-state index is 0. The Labute approximate surface area is 157 Å². The van der Waals surface area contributed by atoms with Crippen LogP contribution < -0.4 is 0 Å². The van der Waals surface area contributed by atoms with Gasteiger partial charge in [0.25, 0.3) is 0 Å². The summed E-state index contributed by atoms with van der Waals surface area (Å²) in [5.41, 5.74) is 3.94. The topological polar surface area (TPSA) is 0 Å². The first-order valence-electron chi connectivity index (χ1n) is 7.09. The summed E-state index contributed by atoms with van der Waals surface area (Å²) >= 11 is 1.88. The van der Waals surface area contributed by atoms with Crippen LogP contribution in [0.4, 0.5) is 0 Å². The van der Waals surface area contributed by atoms with Gasteiger partial charge in [0, 0.05) is 0 Å². The molecule has 22 heavy (non-hydrogen) atoms. The van der Waals surface area contributed by atoms with Crippen molar-refractivity contribution >= 4 is 39.1 Å². The molecular weight excluding hydrogens is 479 g/mol. The summed E-state index contributed by atoms with van der Waals surface area (Å²) < 4.78 is -0.163. The van der Waals surface area contributed by atoms with Gasteiger partial charge in [0.15, 0.2) is 0 Å². The molecule has 3 aromatic rings. The Morgan fingerprint density at radius 1 is 0.545 bits per heavy atom. The summed E-state index contributed by atoms with van der Waals surface area (Å²) in [6.07, 6.45) is 2.19. The number of rotatable bonds is 4. The van der Waals surface area contributed by atoms with Crippen LogP contribution in [0.5, 0.6) is 0 Å². The van der Waals surface area contributed by atoms with E-state index in [9.17, 15) is 0 Å². The summed E-state index contributed by atoms with van der Waals surface area (Å²) in [6, 6.07) is 32.2. The summed E-state index contributed by atoms with van der Waals surface area (Å²) in [7, 11) is 0. The molecule has 0 atom stereocenters. The van der Waals surface area contributed by atoms with Gasteiger partial charge in [-0.05, 0) is 22.9 Å². The molecule has 0 aliphatic rings. The van der Waals surface area contributed by atoms with Crippen molar-refractivity contribution in [2.45, 2.75) is 4.75 Å². The summed E-state index contributed by atoms with van der Waals surface area (Å²) in [6.45, 7) is 0. The summed E-state index contributed by atoms with van der Waals surface area (Å²) in [5.74, 6) is 0. The molecule has 0 heterocycles. The molecule has 0 spiro atoms. The Hall–Kier alpha value is -1.07. The van der Waals surface area contributed by atoms with Gasteiger partial charge in [-0.25, -0.2) is 0 Å². The Balaban J connectivity index is 0.00000176. The van der Waals surface area contributed by atoms with E-state index in [-0.39, 0.29) is 32.0 Å². The van der Waals surface area contributed by atoms with E-state index in [1.807, 2.05) is 11.8 Å². The van der Waals surface area contributed by atoms with Crippen molar-refractivity contribution in [3.8, 4) is 0 Å². The Kier molecular flexibility index (Phi) is 6.27. The van der Waals surface area contributed by atoms with Crippen molar-refractivity contribution in [1.82, 2.24) is 0 Å². The molecule has 3 rings (SSSR count). The van der Waals surface area contributed by atoms with Gasteiger partial charge < -0.3 is 0 Å². The van der Waals surface area contributed by atoms with Crippen molar-refractivity contribution in [2.75, 3.05) is 6.26 Å². The van der Waals surface area contributed by atoms with Crippen LogP contribution in [-0.4, -0.2) is 33.6 Å². The van der Waals surface area contributed by atoms with Crippen molar-refractivity contribution in [3.05, 3.63) is 108 Å². The monoisotopic (exact) mass is 500 g/mol. The van der Waals surface area contributed by atoms with Gasteiger partial charge in [-0.3, -0.25) is 0 Å². The zero-order chi connectivity index (χ0) is 14.5. The molecule has 2 radical (unpaired) electrons. The SMILES string of the molecule is CSC(c1ccccc1)(c1ccccc1)c1ccccc1.[PbH2]. The Bertz CT molecular complexity index is 584. The van der Waals surface area contributed by atoms with Crippen molar-refractivity contribution in [3.63, 3.8) is 0 Å². The van der Waals surface area contributed by atoms with Gasteiger partial charge in [0.05, 0.1) is 4.75 Å². The molecule has 0 unspecified atom stereocenters. The second-order valence-electron chi connectivity index (χ2n) is 4.98. The molecule has 2 heteroatoms. The number of benzene rings is 3. The predicted octanol–water partition coefficient (Wildman–Crippen LogP) is 4.43. The zero-order valence-electron chi connectivity index (χ0n) is 12.8. The van der Waals surface area contributed by atoms with E-state index in [2.05, 4.69) is 97.3 Å². The van der Waals surface area contributed by atoms with E-state index in [4.69, 9.17) is 0 Å². The first-order chi connectivity index (χ1) is 10.4. The fourth-order valence-corrected chi connectivity index (χ4v) is 3.99. The molecule has 0 N–H and O–H groups in total. The van der Waals surface area contributed by atoms with Crippen LogP contribution in [0.25, 0.3) is 0 Å². The summed E-state index contributed by atoms with van der Waals surface area (Å²) in [5, 5.41) is 0. The van der Waals surface area contributed by atoms with Gasteiger partial charge in [0.1, 0.15) is 0 Å². The first-order valence-corrected chi connectivity index (χ1v) is 8.32. The van der Waals surface area contributed by atoms with E-state index < -0.39 is 0 Å². The van der Waals surface area contributed by atoms with Gasteiger partial charge in [-0.2, -0.15) is 0 Å². The summed E-state index contributed by atoms with van der Waals surface area (Å²) in [4.78, 5) is 0. The third-order valence-electron chi connectivity index (χ3n) is 3.85. The third kappa shape index (κ3) is 3.15.